The number of anilines is 1. The van der Waals surface area contributed by atoms with Crippen molar-refractivity contribution in [1.29, 1.82) is 0 Å². The quantitative estimate of drug-likeness (QED) is 0.589. The van der Waals surface area contributed by atoms with Gasteiger partial charge in [-0.25, -0.2) is 0 Å². The molecule has 0 fully saturated rings. The first-order chi connectivity index (χ1) is 10.0. The minimum atomic E-state index is -0.402. The SMILES string of the molecule is CCOc1ccc(NCc2cc(Br)c(C)s2)c([N+](=O)[O-])c1. The van der Waals surface area contributed by atoms with Gasteiger partial charge in [-0.2, -0.15) is 0 Å². The van der Waals surface area contributed by atoms with Crippen LogP contribution in [-0.4, -0.2) is 11.5 Å². The lowest BCUT2D eigenvalue weighted by Crippen LogP contribution is -2.02. The molecular weight excluding hydrogens is 356 g/mol. The molecule has 0 amide bonds. The Morgan fingerprint density at radius 3 is 2.76 bits per heavy atom. The molecule has 1 aromatic carbocycles. The summed E-state index contributed by atoms with van der Waals surface area (Å²) in [6.07, 6.45) is 0. The summed E-state index contributed by atoms with van der Waals surface area (Å²) in [5.74, 6) is 0.504. The third-order valence-corrected chi connectivity index (χ3v) is 4.97. The summed E-state index contributed by atoms with van der Waals surface area (Å²) >= 11 is 5.12. The van der Waals surface area contributed by atoms with E-state index in [1.54, 1.807) is 23.5 Å². The number of nitrogens with one attached hydrogen (secondary N) is 1. The Hall–Kier alpha value is -1.60. The Bertz CT molecular complexity index is 638. The van der Waals surface area contributed by atoms with E-state index in [2.05, 4.69) is 21.2 Å². The Morgan fingerprint density at radius 2 is 2.19 bits per heavy atom. The molecule has 1 aromatic heterocycles. The summed E-state index contributed by atoms with van der Waals surface area (Å²) in [6, 6.07) is 6.88. The van der Waals surface area contributed by atoms with Gasteiger partial charge in [0.05, 0.1) is 17.6 Å². The maximum atomic E-state index is 11.2. The first kappa shape index (κ1) is 15.8. The number of hydrogen-bond donors (Lipinski definition) is 1. The molecular formula is C14H15BrN2O3S. The third-order valence-electron chi connectivity index (χ3n) is 2.84. The fourth-order valence-corrected chi connectivity index (χ4v) is 3.40. The summed E-state index contributed by atoms with van der Waals surface area (Å²) in [4.78, 5) is 13.1. The van der Waals surface area contributed by atoms with Crippen LogP contribution in [0, 0.1) is 17.0 Å². The lowest BCUT2D eigenvalue weighted by Gasteiger charge is -2.08. The van der Waals surface area contributed by atoms with Crippen molar-refractivity contribution in [2.24, 2.45) is 0 Å². The molecule has 0 aliphatic rings. The van der Waals surface area contributed by atoms with Crippen molar-refractivity contribution < 1.29 is 9.66 Å². The zero-order chi connectivity index (χ0) is 15.4. The van der Waals surface area contributed by atoms with E-state index in [0.717, 1.165) is 9.35 Å². The zero-order valence-corrected chi connectivity index (χ0v) is 14.1. The van der Waals surface area contributed by atoms with Crippen LogP contribution in [0.2, 0.25) is 0 Å². The number of benzene rings is 1. The second kappa shape index (κ2) is 6.91. The number of nitro benzene ring substituents is 1. The Balaban J connectivity index is 2.16. The number of thiophene rings is 1. The topological polar surface area (TPSA) is 64.4 Å². The summed E-state index contributed by atoms with van der Waals surface area (Å²) < 4.78 is 6.36. The molecule has 0 saturated heterocycles. The second-order valence-corrected chi connectivity index (χ2v) is 6.53. The van der Waals surface area contributed by atoms with Crippen LogP contribution in [0.4, 0.5) is 11.4 Å². The molecule has 1 N–H and O–H groups in total. The van der Waals surface area contributed by atoms with Crippen LogP contribution in [0.5, 0.6) is 5.75 Å². The largest absolute Gasteiger partial charge is 0.494 e. The molecule has 7 heteroatoms. The van der Waals surface area contributed by atoms with E-state index in [-0.39, 0.29) is 5.69 Å². The van der Waals surface area contributed by atoms with Crippen LogP contribution < -0.4 is 10.1 Å². The molecule has 112 valence electrons. The van der Waals surface area contributed by atoms with Crippen LogP contribution in [-0.2, 0) is 6.54 Å². The summed E-state index contributed by atoms with van der Waals surface area (Å²) in [7, 11) is 0. The highest BCUT2D eigenvalue weighted by atomic mass is 79.9. The van der Waals surface area contributed by atoms with Gasteiger partial charge in [-0.1, -0.05) is 0 Å². The molecule has 0 atom stereocenters. The van der Waals surface area contributed by atoms with Gasteiger partial charge in [0.25, 0.3) is 5.69 Å². The molecule has 5 nitrogen and oxygen atoms in total. The predicted octanol–water partition coefficient (Wildman–Crippen LogP) is 4.74. The lowest BCUT2D eigenvalue weighted by molar-refractivity contribution is -0.384. The summed E-state index contributed by atoms with van der Waals surface area (Å²) in [5.41, 5.74) is 0.513. The van der Waals surface area contributed by atoms with E-state index in [1.165, 1.54) is 10.9 Å². The van der Waals surface area contributed by atoms with Crippen LogP contribution in [0.1, 0.15) is 16.7 Å². The summed E-state index contributed by atoms with van der Waals surface area (Å²) in [6.45, 7) is 4.89. The molecule has 2 rings (SSSR count). The monoisotopic (exact) mass is 370 g/mol. The molecule has 0 aliphatic carbocycles. The van der Waals surface area contributed by atoms with Crippen molar-refractivity contribution in [3.63, 3.8) is 0 Å². The van der Waals surface area contributed by atoms with E-state index in [0.29, 0.717) is 24.6 Å². The van der Waals surface area contributed by atoms with Crippen LogP contribution in [0.15, 0.2) is 28.7 Å². The number of hydrogen-bond acceptors (Lipinski definition) is 5. The van der Waals surface area contributed by atoms with Gasteiger partial charge in [-0.3, -0.25) is 10.1 Å². The van der Waals surface area contributed by atoms with Crippen LogP contribution in [0.25, 0.3) is 0 Å². The number of nitrogens with zero attached hydrogens (tertiary/aromatic N) is 1. The van der Waals surface area contributed by atoms with Crippen LogP contribution >= 0.6 is 27.3 Å². The molecule has 0 saturated carbocycles. The van der Waals surface area contributed by atoms with Gasteiger partial charge >= 0.3 is 0 Å². The Labute approximate surface area is 135 Å². The highest BCUT2D eigenvalue weighted by Gasteiger charge is 2.15. The number of nitro groups is 1. The maximum Gasteiger partial charge on any atom is 0.296 e. The van der Waals surface area contributed by atoms with E-state index >= 15 is 0 Å². The van der Waals surface area contributed by atoms with Gasteiger partial charge in [0.15, 0.2) is 0 Å². The van der Waals surface area contributed by atoms with Crippen molar-refractivity contribution in [1.82, 2.24) is 0 Å². The smallest absolute Gasteiger partial charge is 0.296 e. The second-order valence-electron chi connectivity index (χ2n) is 4.34. The highest BCUT2D eigenvalue weighted by Crippen LogP contribution is 2.31. The van der Waals surface area contributed by atoms with Crippen LogP contribution in [0.3, 0.4) is 0 Å². The molecule has 21 heavy (non-hydrogen) atoms. The van der Waals surface area contributed by atoms with Crippen molar-refractivity contribution in [3.05, 3.63) is 48.6 Å². The van der Waals surface area contributed by atoms with E-state index < -0.39 is 4.92 Å². The Morgan fingerprint density at radius 1 is 1.43 bits per heavy atom. The van der Waals surface area contributed by atoms with E-state index in [9.17, 15) is 10.1 Å². The standard InChI is InChI=1S/C14H15BrN2O3S/c1-3-20-10-4-5-13(14(6-10)17(18)19)16-8-11-7-12(15)9(2)21-11/h4-7,16H,3,8H2,1-2H3. The summed E-state index contributed by atoms with van der Waals surface area (Å²) in [5, 5.41) is 14.3. The number of rotatable bonds is 6. The van der Waals surface area contributed by atoms with Gasteiger partial charge in [0.2, 0.25) is 0 Å². The lowest BCUT2D eigenvalue weighted by atomic mass is 10.2. The molecule has 1 heterocycles. The maximum absolute atomic E-state index is 11.2. The molecule has 2 aromatic rings. The number of aryl methyl sites for hydroxylation is 1. The first-order valence-electron chi connectivity index (χ1n) is 6.41. The molecule has 0 aliphatic heterocycles. The average molecular weight is 371 g/mol. The van der Waals surface area contributed by atoms with Gasteiger partial charge in [0, 0.05) is 20.8 Å². The average Bonchev–Trinajstić information content (AvgIpc) is 2.76. The molecule has 0 spiro atoms. The van der Waals surface area contributed by atoms with E-state index in [1.807, 2.05) is 19.9 Å². The fourth-order valence-electron chi connectivity index (χ4n) is 1.86. The third kappa shape index (κ3) is 3.95. The zero-order valence-electron chi connectivity index (χ0n) is 11.7. The molecule has 0 bridgehead atoms. The Kier molecular flexibility index (Phi) is 5.19. The van der Waals surface area contributed by atoms with E-state index in [4.69, 9.17) is 4.74 Å². The van der Waals surface area contributed by atoms with Gasteiger partial charge in [-0.05, 0) is 48.0 Å². The minimum Gasteiger partial charge on any atom is -0.494 e. The van der Waals surface area contributed by atoms with Gasteiger partial charge < -0.3 is 10.1 Å². The van der Waals surface area contributed by atoms with Gasteiger partial charge in [0.1, 0.15) is 11.4 Å². The number of halogens is 1. The predicted molar refractivity (Wildman–Crippen MR) is 88.3 cm³/mol. The molecule has 0 radical (unpaired) electrons. The first-order valence-corrected chi connectivity index (χ1v) is 8.02. The minimum absolute atomic E-state index is 0.0216. The van der Waals surface area contributed by atoms with Crippen molar-refractivity contribution >= 4 is 38.6 Å². The highest BCUT2D eigenvalue weighted by molar-refractivity contribution is 9.10. The van der Waals surface area contributed by atoms with Crippen molar-refractivity contribution in [2.45, 2.75) is 20.4 Å². The van der Waals surface area contributed by atoms with Crippen molar-refractivity contribution in [3.8, 4) is 5.75 Å². The fraction of sp³-hybridized carbons (Fsp3) is 0.286. The van der Waals surface area contributed by atoms with Gasteiger partial charge in [-0.15, -0.1) is 11.3 Å². The molecule has 0 unspecified atom stereocenters. The van der Waals surface area contributed by atoms with Crippen molar-refractivity contribution in [2.75, 3.05) is 11.9 Å². The normalized spacial score (nSPS) is 10.4. The number of ether oxygens (including phenoxy) is 1.